The molecule has 0 saturated heterocycles. The topological polar surface area (TPSA) is 178 Å². The van der Waals surface area contributed by atoms with Crippen LogP contribution in [0.3, 0.4) is 0 Å². The van der Waals surface area contributed by atoms with Crippen molar-refractivity contribution in [3.05, 3.63) is 51.8 Å². The van der Waals surface area contributed by atoms with Gasteiger partial charge in [0.2, 0.25) is 10.0 Å². The second kappa shape index (κ2) is 10.2. The van der Waals surface area contributed by atoms with E-state index in [0.717, 1.165) is 22.4 Å². The number of hydrogen-bond donors (Lipinski definition) is 3. The van der Waals surface area contributed by atoms with Crippen LogP contribution in [-0.2, 0) is 26.6 Å². The van der Waals surface area contributed by atoms with E-state index in [2.05, 4.69) is 15.2 Å². The van der Waals surface area contributed by atoms with Crippen molar-refractivity contribution in [2.45, 2.75) is 0 Å². The van der Waals surface area contributed by atoms with Gasteiger partial charge in [-0.05, 0) is 6.07 Å². The van der Waals surface area contributed by atoms with E-state index in [0.29, 0.717) is 16.8 Å². The van der Waals surface area contributed by atoms with Crippen LogP contribution in [0, 0.1) is 5.41 Å². The van der Waals surface area contributed by atoms with E-state index in [4.69, 9.17) is 11.1 Å². The minimum absolute atomic E-state index is 0.0969. The molecule has 1 heterocycles. The molecule has 1 aromatic heterocycles. The van der Waals surface area contributed by atoms with E-state index in [1.54, 1.807) is 24.3 Å². The van der Waals surface area contributed by atoms with Gasteiger partial charge in [-0.1, -0.05) is 24.3 Å². The molecular weight excluding hydrogens is 440 g/mol. The first-order valence-corrected chi connectivity index (χ1v) is 11.1. The molecule has 0 atom stereocenters. The highest BCUT2D eigenvalue weighted by Crippen LogP contribution is 2.17. The molecule has 172 valence electrons. The molecule has 12 nitrogen and oxygen atoms in total. The SMILES string of the molecule is COC(=O)CN(CCNC(=O)c1cc(-c2ccc(C(=N)N)cc2)nn(C)c1=O)S(C)(=O)=O. The van der Waals surface area contributed by atoms with Gasteiger partial charge in [0.1, 0.15) is 17.9 Å². The van der Waals surface area contributed by atoms with Crippen LogP contribution in [0.25, 0.3) is 11.3 Å². The number of nitrogens with zero attached hydrogens (tertiary/aromatic N) is 3. The van der Waals surface area contributed by atoms with Gasteiger partial charge in [-0.25, -0.2) is 13.1 Å². The van der Waals surface area contributed by atoms with Gasteiger partial charge < -0.3 is 15.8 Å². The number of nitrogens with one attached hydrogen (secondary N) is 2. The van der Waals surface area contributed by atoms with E-state index in [9.17, 15) is 22.8 Å². The van der Waals surface area contributed by atoms with Crippen LogP contribution in [0.2, 0.25) is 0 Å². The number of amides is 1. The second-order valence-electron chi connectivity index (χ2n) is 6.79. The summed E-state index contributed by atoms with van der Waals surface area (Å²) in [6, 6.07) is 7.86. The molecular formula is C19H24N6O6S. The maximum atomic E-state index is 12.6. The highest BCUT2D eigenvalue weighted by atomic mass is 32.2. The van der Waals surface area contributed by atoms with Crippen LogP contribution >= 0.6 is 0 Å². The zero-order chi connectivity index (χ0) is 24.1. The van der Waals surface area contributed by atoms with Crippen molar-refractivity contribution in [1.82, 2.24) is 19.4 Å². The zero-order valence-electron chi connectivity index (χ0n) is 17.8. The second-order valence-corrected chi connectivity index (χ2v) is 8.77. The largest absolute Gasteiger partial charge is 0.468 e. The summed E-state index contributed by atoms with van der Waals surface area (Å²) in [5.41, 5.74) is 6.07. The van der Waals surface area contributed by atoms with Crippen molar-refractivity contribution in [3.8, 4) is 11.3 Å². The number of carbonyl (C=O) groups excluding carboxylic acids is 2. The Morgan fingerprint density at radius 2 is 1.91 bits per heavy atom. The maximum absolute atomic E-state index is 12.6. The number of esters is 1. The van der Waals surface area contributed by atoms with Crippen molar-refractivity contribution >= 4 is 27.7 Å². The Labute approximate surface area is 184 Å². The third kappa shape index (κ3) is 6.21. The third-order valence-corrected chi connectivity index (χ3v) is 5.70. The lowest BCUT2D eigenvalue weighted by molar-refractivity contribution is -0.140. The predicted octanol–water partition coefficient (Wildman–Crippen LogP) is -1.10. The standard InChI is InChI=1S/C19H24N6O6S/c1-24-19(28)14(10-15(23-24)12-4-6-13(7-5-12)17(20)21)18(27)22-8-9-25(32(3,29)30)11-16(26)31-2/h4-7,10H,8-9,11H2,1-3H3,(H3,20,21)(H,22,27). The number of nitrogens with two attached hydrogens (primary N) is 1. The van der Waals surface area contributed by atoms with Gasteiger partial charge >= 0.3 is 5.97 Å². The number of benzene rings is 1. The number of methoxy groups -OCH3 is 1. The first-order valence-electron chi connectivity index (χ1n) is 9.27. The number of amidine groups is 1. The van der Waals surface area contributed by atoms with Crippen LogP contribution in [0.4, 0.5) is 0 Å². The summed E-state index contributed by atoms with van der Waals surface area (Å²) in [6.07, 6.45) is 0.931. The Kier molecular flexibility index (Phi) is 7.83. The summed E-state index contributed by atoms with van der Waals surface area (Å²) < 4.78 is 30.0. The number of sulfonamides is 1. The number of rotatable bonds is 9. The van der Waals surface area contributed by atoms with Gasteiger partial charge in [-0.15, -0.1) is 0 Å². The summed E-state index contributed by atoms with van der Waals surface area (Å²) in [7, 11) is -1.19. The molecule has 32 heavy (non-hydrogen) atoms. The molecule has 0 bridgehead atoms. The molecule has 1 aromatic carbocycles. The number of carbonyl (C=O) groups is 2. The number of nitrogen functional groups attached to an aromatic ring is 1. The van der Waals surface area contributed by atoms with Crippen LogP contribution in [0.5, 0.6) is 0 Å². The lowest BCUT2D eigenvalue weighted by Gasteiger charge is -2.18. The Bertz CT molecular complexity index is 1190. The Morgan fingerprint density at radius 1 is 1.28 bits per heavy atom. The van der Waals surface area contributed by atoms with Gasteiger partial charge in [-0.2, -0.15) is 9.40 Å². The lowest BCUT2D eigenvalue weighted by Crippen LogP contribution is -2.42. The Morgan fingerprint density at radius 3 is 2.44 bits per heavy atom. The number of hydrogen-bond acceptors (Lipinski definition) is 8. The molecule has 0 unspecified atom stereocenters. The minimum Gasteiger partial charge on any atom is -0.468 e. The quantitative estimate of drug-likeness (QED) is 0.238. The average Bonchev–Trinajstić information content (AvgIpc) is 2.73. The normalized spacial score (nSPS) is 11.2. The fourth-order valence-corrected chi connectivity index (χ4v) is 3.46. The molecule has 0 saturated carbocycles. The average molecular weight is 465 g/mol. The van der Waals surface area contributed by atoms with Gasteiger partial charge in [0.05, 0.1) is 19.1 Å². The highest BCUT2D eigenvalue weighted by Gasteiger charge is 2.21. The molecule has 4 N–H and O–H groups in total. The van der Waals surface area contributed by atoms with E-state index >= 15 is 0 Å². The van der Waals surface area contributed by atoms with Crippen molar-refractivity contribution in [1.29, 1.82) is 5.41 Å². The fourth-order valence-electron chi connectivity index (χ4n) is 2.69. The monoisotopic (exact) mass is 464 g/mol. The molecule has 13 heteroatoms. The summed E-state index contributed by atoms with van der Waals surface area (Å²) in [6.45, 7) is -0.829. The summed E-state index contributed by atoms with van der Waals surface area (Å²) in [5.74, 6) is -1.56. The summed E-state index contributed by atoms with van der Waals surface area (Å²) in [4.78, 5) is 36.4. The third-order valence-electron chi connectivity index (χ3n) is 4.45. The molecule has 0 spiro atoms. The number of aromatic nitrogens is 2. The van der Waals surface area contributed by atoms with E-state index < -0.39 is 34.0 Å². The van der Waals surface area contributed by atoms with Crippen LogP contribution in [0.1, 0.15) is 15.9 Å². The number of ether oxygens (including phenoxy) is 1. The summed E-state index contributed by atoms with van der Waals surface area (Å²) in [5, 5.41) is 14.1. The van der Waals surface area contributed by atoms with Crippen molar-refractivity contribution in [2.24, 2.45) is 12.8 Å². The van der Waals surface area contributed by atoms with Crippen LogP contribution < -0.4 is 16.6 Å². The van der Waals surface area contributed by atoms with Gasteiger partial charge in [0.15, 0.2) is 0 Å². The molecule has 2 rings (SSSR count). The first kappa shape index (κ1) is 24.7. The van der Waals surface area contributed by atoms with Crippen LogP contribution in [0.15, 0.2) is 35.1 Å². The molecule has 0 aliphatic rings. The molecule has 0 aliphatic heterocycles. The molecule has 0 fully saturated rings. The Hall–Kier alpha value is -3.58. The van der Waals surface area contributed by atoms with E-state index in [-0.39, 0.29) is 24.5 Å². The highest BCUT2D eigenvalue weighted by molar-refractivity contribution is 7.88. The Balaban J connectivity index is 2.20. The maximum Gasteiger partial charge on any atom is 0.321 e. The van der Waals surface area contributed by atoms with Crippen molar-refractivity contribution < 1.29 is 22.7 Å². The fraction of sp³-hybridized carbons (Fsp3) is 0.316. The smallest absolute Gasteiger partial charge is 0.321 e. The van der Waals surface area contributed by atoms with Gasteiger partial charge in [-0.3, -0.25) is 19.8 Å². The molecule has 0 aliphatic carbocycles. The predicted molar refractivity (Wildman–Crippen MR) is 117 cm³/mol. The first-order chi connectivity index (χ1) is 14.9. The minimum atomic E-state index is -3.72. The number of aryl methyl sites for hydroxylation is 1. The van der Waals surface area contributed by atoms with Gasteiger partial charge in [0.25, 0.3) is 11.5 Å². The van der Waals surface area contributed by atoms with E-state index in [1.807, 2.05) is 0 Å². The molecule has 2 aromatic rings. The summed E-state index contributed by atoms with van der Waals surface area (Å²) >= 11 is 0. The zero-order valence-corrected chi connectivity index (χ0v) is 18.6. The lowest BCUT2D eigenvalue weighted by atomic mass is 10.1. The van der Waals surface area contributed by atoms with Crippen molar-refractivity contribution in [2.75, 3.05) is 33.0 Å². The van der Waals surface area contributed by atoms with Gasteiger partial charge in [0, 0.05) is 31.3 Å². The molecule has 0 radical (unpaired) electrons. The van der Waals surface area contributed by atoms with E-state index in [1.165, 1.54) is 13.1 Å². The van der Waals surface area contributed by atoms with Crippen LogP contribution in [-0.4, -0.2) is 73.2 Å². The van der Waals surface area contributed by atoms with Crippen molar-refractivity contribution in [3.63, 3.8) is 0 Å². The molecule has 1 amide bonds.